The molecule has 0 unspecified atom stereocenters. The molecule has 0 radical (unpaired) electrons. The third kappa shape index (κ3) is 2.05. The molecule has 1 N–H and O–H groups in total. The molecule has 0 aromatic rings. The van der Waals surface area contributed by atoms with Crippen LogP contribution in [0.4, 0.5) is 4.79 Å². The van der Waals surface area contributed by atoms with Crippen molar-refractivity contribution in [3.8, 4) is 0 Å². The van der Waals surface area contributed by atoms with Crippen LogP contribution in [-0.2, 0) is 24.5 Å². The van der Waals surface area contributed by atoms with Gasteiger partial charge in [0.2, 0.25) is 0 Å². The Balaban J connectivity index is 3.94. The van der Waals surface area contributed by atoms with Crippen LogP contribution in [0.25, 0.3) is 0 Å². The van der Waals surface area contributed by atoms with Gasteiger partial charge >= 0.3 is 38.6 Å². The maximum atomic E-state index is 9.24. The summed E-state index contributed by atoms with van der Waals surface area (Å²) in [6.07, 6.45) is 0. The van der Waals surface area contributed by atoms with Gasteiger partial charge in [-0.25, -0.2) is 0 Å². The van der Waals surface area contributed by atoms with Crippen LogP contribution in [0, 0.1) is 0 Å². The number of hydrogen-bond acceptors (Lipinski definition) is 3. The summed E-state index contributed by atoms with van der Waals surface area (Å²) in [6.45, 7) is 0. The first-order chi connectivity index (χ1) is 2.64. The summed E-state index contributed by atoms with van der Waals surface area (Å²) in [6, 6.07) is 0. The van der Waals surface area contributed by atoms with Gasteiger partial charge < -0.3 is 0 Å². The van der Waals surface area contributed by atoms with E-state index in [1.165, 1.54) is 0 Å². The van der Waals surface area contributed by atoms with Gasteiger partial charge in [0.25, 0.3) is 0 Å². The second-order valence-corrected chi connectivity index (χ2v) is 2.16. The monoisotopic (exact) mass is 125 g/mol. The topological polar surface area (TPSA) is 71.4 Å². The predicted molar refractivity (Wildman–Crippen MR) is 9.40 cm³/mol. The minimum atomic E-state index is -4.05. The Bertz CT molecular complexity index is 114. The SMILES string of the molecule is O=[C](O)[Ti](=[O])=[O]. The Labute approximate surface area is 39.3 Å². The van der Waals surface area contributed by atoms with Crippen molar-refractivity contribution in [3.05, 3.63) is 0 Å². The van der Waals surface area contributed by atoms with E-state index >= 15 is 0 Å². The molecule has 0 aromatic heterocycles. The Kier molecular flexibility index (Phi) is 1.97. The van der Waals surface area contributed by atoms with E-state index < -0.39 is 22.1 Å². The summed E-state index contributed by atoms with van der Waals surface area (Å²) >= 11 is -4.05. The molecule has 0 amide bonds. The number of carboxylic acid groups (broad SMARTS) is 1. The molecule has 0 atom stereocenters. The molecular formula is CHO4Ti. The van der Waals surface area contributed by atoms with Crippen LogP contribution in [0.3, 0.4) is 0 Å². The molecular weight excluding hydrogens is 124 g/mol. The summed E-state index contributed by atoms with van der Waals surface area (Å²) < 4.78 is 16.8. The molecule has 0 spiro atoms. The summed E-state index contributed by atoms with van der Waals surface area (Å²) in [4.78, 5) is 9.15. The van der Waals surface area contributed by atoms with Crippen molar-refractivity contribution in [3.63, 3.8) is 0 Å². The van der Waals surface area contributed by atoms with Gasteiger partial charge in [-0.1, -0.05) is 0 Å². The van der Waals surface area contributed by atoms with Crippen molar-refractivity contribution >= 4 is 4.27 Å². The number of hydrogen-bond donors (Lipinski definition) is 1. The zero-order chi connectivity index (χ0) is 5.15. The van der Waals surface area contributed by atoms with Gasteiger partial charge in [-0.3, -0.25) is 0 Å². The van der Waals surface area contributed by atoms with Gasteiger partial charge in [-0.2, -0.15) is 0 Å². The summed E-state index contributed by atoms with van der Waals surface area (Å²) in [5.41, 5.74) is 0. The summed E-state index contributed by atoms with van der Waals surface area (Å²) in [5.74, 6) is 0. The molecule has 5 heteroatoms. The Morgan fingerprint density at radius 1 is 1.50 bits per heavy atom. The number of carbonyl (C=O) groups is 1. The molecule has 0 bridgehead atoms. The van der Waals surface area contributed by atoms with Crippen molar-refractivity contribution < 1.29 is 34.4 Å². The molecule has 0 aliphatic carbocycles. The minimum absolute atomic E-state index is 1.69. The second-order valence-electron chi connectivity index (χ2n) is 0.593. The first-order valence-electron chi connectivity index (χ1n) is 1.09. The van der Waals surface area contributed by atoms with Gasteiger partial charge in [-0.15, -0.1) is 0 Å². The van der Waals surface area contributed by atoms with Gasteiger partial charge in [0.05, 0.1) is 0 Å². The second kappa shape index (κ2) is 2.05. The molecule has 33 valence electrons. The van der Waals surface area contributed by atoms with Crippen LogP contribution in [0.2, 0.25) is 0 Å². The van der Waals surface area contributed by atoms with Crippen molar-refractivity contribution in [1.82, 2.24) is 0 Å². The van der Waals surface area contributed by atoms with Crippen LogP contribution in [-0.4, -0.2) is 9.38 Å². The number of rotatable bonds is 1. The molecule has 0 aliphatic heterocycles. The van der Waals surface area contributed by atoms with Crippen LogP contribution in [0.15, 0.2) is 0 Å². The quantitative estimate of drug-likeness (QED) is 0.499. The van der Waals surface area contributed by atoms with Gasteiger partial charge in [-0.05, 0) is 0 Å². The average molecular weight is 125 g/mol. The van der Waals surface area contributed by atoms with Gasteiger partial charge in [0.15, 0.2) is 0 Å². The van der Waals surface area contributed by atoms with Crippen LogP contribution >= 0.6 is 0 Å². The first kappa shape index (κ1) is 5.78. The first-order valence-corrected chi connectivity index (χ1v) is 3.14. The van der Waals surface area contributed by atoms with Crippen LogP contribution in [0.5, 0.6) is 0 Å². The van der Waals surface area contributed by atoms with Crippen molar-refractivity contribution in [2.75, 3.05) is 0 Å². The predicted octanol–water partition coefficient (Wildman–Crippen LogP) is -0.0264. The normalized spacial score (nSPS) is 7.33. The van der Waals surface area contributed by atoms with Crippen LogP contribution in [0.1, 0.15) is 0 Å². The van der Waals surface area contributed by atoms with E-state index in [-0.39, 0.29) is 0 Å². The van der Waals surface area contributed by atoms with E-state index in [0.717, 1.165) is 0 Å². The van der Waals surface area contributed by atoms with E-state index in [4.69, 9.17) is 9.90 Å². The van der Waals surface area contributed by atoms with E-state index in [2.05, 4.69) is 0 Å². The van der Waals surface area contributed by atoms with Crippen molar-refractivity contribution in [1.29, 1.82) is 0 Å². The van der Waals surface area contributed by atoms with Gasteiger partial charge in [0, 0.05) is 0 Å². The average Bonchev–Trinajstić information content (AvgIpc) is 1.36. The molecule has 0 rings (SSSR count). The van der Waals surface area contributed by atoms with E-state index in [0.29, 0.717) is 0 Å². The Hall–Kier alpha value is -0.216. The fraction of sp³-hybridized carbons (Fsp3) is 0. The standard InChI is InChI=1S/CHO2.2O.Ti/c2-1-3;;;/h(H,2,3);;;. The van der Waals surface area contributed by atoms with E-state index in [1.807, 2.05) is 0 Å². The third-order valence-electron chi connectivity index (χ3n) is 0.175. The molecule has 0 aromatic carbocycles. The maximum absolute atomic E-state index is 9.24. The van der Waals surface area contributed by atoms with Gasteiger partial charge in [0.1, 0.15) is 0 Å². The molecule has 6 heavy (non-hydrogen) atoms. The molecule has 4 nitrogen and oxygen atoms in total. The van der Waals surface area contributed by atoms with E-state index in [9.17, 15) is 6.65 Å². The summed E-state index contributed by atoms with van der Waals surface area (Å²) in [5, 5.41) is 7.44. The molecule has 0 fully saturated rings. The zero-order valence-corrected chi connectivity index (χ0v) is 4.23. The Morgan fingerprint density at radius 3 is 1.67 bits per heavy atom. The molecule has 0 aliphatic rings. The molecule has 0 saturated carbocycles. The van der Waals surface area contributed by atoms with Crippen molar-refractivity contribution in [2.24, 2.45) is 0 Å². The fourth-order valence-corrected chi connectivity index (χ4v) is 0. The third-order valence-corrected chi connectivity index (χ3v) is 0.720. The van der Waals surface area contributed by atoms with E-state index in [1.54, 1.807) is 0 Å². The Morgan fingerprint density at radius 2 is 1.67 bits per heavy atom. The molecule has 0 heterocycles. The molecule has 0 saturated heterocycles. The summed E-state index contributed by atoms with van der Waals surface area (Å²) in [7, 11) is 0. The fourth-order valence-electron chi connectivity index (χ4n) is 0. The van der Waals surface area contributed by atoms with Crippen LogP contribution < -0.4 is 0 Å². The zero-order valence-electron chi connectivity index (χ0n) is 2.67. The van der Waals surface area contributed by atoms with Crippen molar-refractivity contribution in [2.45, 2.75) is 0 Å².